The molecule has 0 radical (unpaired) electrons. The maximum absolute atomic E-state index is 12.3. The van der Waals surface area contributed by atoms with Crippen LogP contribution in [0.4, 0.5) is 22.4 Å². The number of hydrogen-bond donors (Lipinski definition) is 1. The van der Waals surface area contributed by atoms with Crippen molar-refractivity contribution in [3.05, 3.63) is 63.9 Å². The van der Waals surface area contributed by atoms with Crippen LogP contribution in [0.3, 0.4) is 0 Å². The van der Waals surface area contributed by atoms with E-state index in [0.29, 0.717) is 71.2 Å². The van der Waals surface area contributed by atoms with Gasteiger partial charge in [-0.1, -0.05) is 35.3 Å². The number of pyridine rings is 1. The highest BCUT2D eigenvalue weighted by Crippen LogP contribution is 2.28. The number of rotatable bonds is 10. The summed E-state index contributed by atoms with van der Waals surface area (Å²) >= 11 is 12.6. The van der Waals surface area contributed by atoms with Gasteiger partial charge >= 0.3 is 6.09 Å². The van der Waals surface area contributed by atoms with Crippen molar-refractivity contribution in [1.82, 2.24) is 24.8 Å². The van der Waals surface area contributed by atoms with Crippen molar-refractivity contribution in [2.24, 2.45) is 0 Å². The van der Waals surface area contributed by atoms with Crippen molar-refractivity contribution >= 4 is 65.4 Å². The fraction of sp³-hybridized carbons (Fsp3) is 0.367. The third-order valence-corrected chi connectivity index (χ3v) is 7.05. The number of benzene rings is 1. The molecule has 1 aliphatic rings. The third kappa shape index (κ3) is 9.28. The maximum atomic E-state index is 12.3. The molecule has 0 atom stereocenters. The Labute approximate surface area is 261 Å². The van der Waals surface area contributed by atoms with E-state index in [2.05, 4.69) is 25.2 Å². The molecule has 43 heavy (non-hydrogen) atoms. The monoisotopic (exact) mass is 627 g/mol. The van der Waals surface area contributed by atoms with Crippen LogP contribution in [0.2, 0.25) is 10.0 Å². The third-order valence-electron chi connectivity index (χ3n) is 6.39. The maximum Gasteiger partial charge on any atom is 0.410 e. The van der Waals surface area contributed by atoms with Crippen LogP contribution in [-0.2, 0) is 9.53 Å². The van der Waals surface area contributed by atoms with Crippen LogP contribution in [0.15, 0.2) is 42.7 Å². The SMILES string of the molecule is CN(C=O)c1nc(Nc2cc(OCCN3CCN(C(=O)OC(C)(C)C)CC3)ccn2)ncc1/C=C/c1c(Cl)cccc1Cl. The second-order valence-electron chi connectivity index (χ2n) is 10.8. The molecule has 2 aromatic heterocycles. The molecule has 0 spiro atoms. The molecule has 1 saturated heterocycles. The highest BCUT2D eigenvalue weighted by Gasteiger charge is 2.25. The first-order valence-corrected chi connectivity index (χ1v) is 14.5. The summed E-state index contributed by atoms with van der Waals surface area (Å²) in [6, 6.07) is 8.78. The van der Waals surface area contributed by atoms with Crippen LogP contribution in [0.1, 0.15) is 31.9 Å². The summed E-state index contributed by atoms with van der Waals surface area (Å²) in [4.78, 5) is 42.4. The lowest BCUT2D eigenvalue weighted by Crippen LogP contribution is -2.50. The Bertz CT molecular complexity index is 1440. The molecule has 1 aromatic carbocycles. The summed E-state index contributed by atoms with van der Waals surface area (Å²) in [7, 11) is 1.60. The molecule has 13 heteroatoms. The zero-order chi connectivity index (χ0) is 31.0. The quantitative estimate of drug-likeness (QED) is 0.286. The fourth-order valence-electron chi connectivity index (χ4n) is 4.19. The summed E-state index contributed by atoms with van der Waals surface area (Å²) in [5.41, 5.74) is 0.735. The number of carbonyl (C=O) groups is 2. The van der Waals surface area contributed by atoms with Crippen molar-refractivity contribution in [3.8, 4) is 5.75 Å². The number of amides is 2. The number of ether oxygens (including phenoxy) is 2. The second-order valence-corrected chi connectivity index (χ2v) is 11.6. The fourth-order valence-corrected chi connectivity index (χ4v) is 4.72. The first-order chi connectivity index (χ1) is 20.5. The average molecular weight is 629 g/mol. The highest BCUT2D eigenvalue weighted by molar-refractivity contribution is 6.37. The van der Waals surface area contributed by atoms with Gasteiger partial charge in [0, 0.05) is 79.4 Å². The van der Waals surface area contributed by atoms with Crippen LogP contribution < -0.4 is 15.0 Å². The smallest absolute Gasteiger partial charge is 0.410 e. The lowest BCUT2D eigenvalue weighted by molar-refractivity contribution is -0.107. The van der Waals surface area contributed by atoms with Gasteiger partial charge in [-0.25, -0.2) is 14.8 Å². The predicted octanol–water partition coefficient (Wildman–Crippen LogP) is 5.62. The zero-order valence-corrected chi connectivity index (χ0v) is 26.1. The van der Waals surface area contributed by atoms with Gasteiger partial charge in [0.05, 0.1) is 0 Å². The molecule has 2 amide bonds. The normalized spacial score (nSPS) is 14.0. The summed E-state index contributed by atoms with van der Waals surface area (Å²) in [6.45, 7) is 9.50. The van der Waals surface area contributed by atoms with Crippen molar-refractivity contribution in [3.63, 3.8) is 0 Å². The van der Waals surface area contributed by atoms with Crippen LogP contribution in [-0.4, -0.2) is 89.2 Å². The number of halogens is 2. The van der Waals surface area contributed by atoms with E-state index in [9.17, 15) is 9.59 Å². The Balaban J connectivity index is 1.34. The summed E-state index contributed by atoms with van der Waals surface area (Å²) < 4.78 is 11.4. The molecule has 228 valence electrons. The van der Waals surface area contributed by atoms with Gasteiger partial charge in [-0.2, -0.15) is 4.98 Å². The summed E-state index contributed by atoms with van der Waals surface area (Å²) in [5.74, 6) is 1.75. The highest BCUT2D eigenvalue weighted by atomic mass is 35.5. The molecule has 1 aliphatic heterocycles. The van der Waals surface area contributed by atoms with Crippen molar-refractivity contribution in [1.29, 1.82) is 0 Å². The van der Waals surface area contributed by atoms with Gasteiger partial charge in [0.1, 0.15) is 29.6 Å². The second kappa shape index (κ2) is 14.5. The topological polar surface area (TPSA) is 113 Å². The van der Waals surface area contributed by atoms with Gasteiger partial charge in [0.25, 0.3) is 0 Å². The lowest BCUT2D eigenvalue weighted by Gasteiger charge is -2.35. The molecule has 0 saturated carbocycles. The Hall–Kier alpha value is -3.93. The van der Waals surface area contributed by atoms with E-state index >= 15 is 0 Å². The number of hydrogen-bond acceptors (Lipinski definition) is 9. The molecular weight excluding hydrogens is 593 g/mol. The van der Waals surface area contributed by atoms with Gasteiger partial charge in [-0.05, 0) is 45.0 Å². The minimum atomic E-state index is -0.506. The standard InChI is InChI=1S/C30H35Cl2N7O4/c1-30(2,3)43-29(41)39-14-12-38(13-15-39)16-17-42-22-10-11-33-26(18-22)35-28-34-19-21(27(36-28)37(4)20-40)8-9-23-24(31)6-5-7-25(23)32/h5-11,18-20H,12-17H2,1-4H3,(H,33,34,35,36)/b9-8+. The molecule has 1 N–H and O–H groups in total. The van der Waals surface area contributed by atoms with E-state index in [1.54, 1.807) is 66.8 Å². The predicted molar refractivity (Wildman–Crippen MR) is 169 cm³/mol. The number of nitrogens with one attached hydrogen (secondary N) is 1. The van der Waals surface area contributed by atoms with Crippen molar-refractivity contribution in [2.75, 3.05) is 56.6 Å². The van der Waals surface area contributed by atoms with Gasteiger partial charge in [-0.15, -0.1) is 0 Å². The largest absolute Gasteiger partial charge is 0.492 e. The molecule has 0 bridgehead atoms. The summed E-state index contributed by atoms with van der Waals surface area (Å²) in [5, 5.41) is 4.08. The van der Waals surface area contributed by atoms with Crippen LogP contribution in [0.5, 0.6) is 5.75 Å². The molecule has 11 nitrogen and oxygen atoms in total. The van der Waals surface area contributed by atoms with Crippen LogP contribution in [0, 0.1) is 0 Å². The number of piperazine rings is 1. The van der Waals surface area contributed by atoms with E-state index < -0.39 is 5.60 Å². The molecule has 0 aliphatic carbocycles. The van der Waals surface area contributed by atoms with Crippen molar-refractivity contribution < 1.29 is 19.1 Å². The van der Waals surface area contributed by atoms with E-state index in [4.69, 9.17) is 32.7 Å². The van der Waals surface area contributed by atoms with E-state index in [0.717, 1.165) is 13.1 Å². The molecule has 1 fully saturated rings. The van der Waals surface area contributed by atoms with Crippen molar-refractivity contribution in [2.45, 2.75) is 26.4 Å². The number of nitrogens with zero attached hydrogens (tertiary/aromatic N) is 6. The Morgan fingerprint density at radius 2 is 1.81 bits per heavy atom. The number of anilines is 3. The average Bonchev–Trinajstić information content (AvgIpc) is 2.96. The van der Waals surface area contributed by atoms with E-state index in [1.807, 2.05) is 20.8 Å². The minimum Gasteiger partial charge on any atom is -0.492 e. The molecule has 3 heterocycles. The van der Waals surface area contributed by atoms with Crippen LogP contribution in [0.25, 0.3) is 12.2 Å². The zero-order valence-electron chi connectivity index (χ0n) is 24.6. The number of aromatic nitrogens is 3. The van der Waals surface area contributed by atoms with Gasteiger partial charge < -0.3 is 24.6 Å². The molecule has 0 unspecified atom stereocenters. The van der Waals surface area contributed by atoms with Gasteiger partial charge in [0.2, 0.25) is 12.4 Å². The molecular formula is C30H35Cl2N7O4. The Kier molecular flexibility index (Phi) is 10.8. The molecule has 3 aromatic rings. The van der Waals surface area contributed by atoms with E-state index in [-0.39, 0.29) is 12.0 Å². The summed E-state index contributed by atoms with van der Waals surface area (Å²) in [6.07, 6.45) is 7.10. The van der Waals surface area contributed by atoms with Crippen LogP contribution >= 0.6 is 23.2 Å². The first-order valence-electron chi connectivity index (χ1n) is 13.8. The first kappa shape index (κ1) is 32.0. The Morgan fingerprint density at radius 3 is 2.49 bits per heavy atom. The lowest BCUT2D eigenvalue weighted by atomic mass is 10.1. The number of carbonyl (C=O) groups excluding carboxylic acids is 2. The Morgan fingerprint density at radius 1 is 1.09 bits per heavy atom. The van der Waals surface area contributed by atoms with Gasteiger partial charge in [0.15, 0.2) is 0 Å². The molecule has 4 rings (SSSR count). The van der Waals surface area contributed by atoms with Gasteiger partial charge in [-0.3, -0.25) is 9.69 Å². The van der Waals surface area contributed by atoms with E-state index in [1.165, 1.54) is 4.90 Å². The minimum absolute atomic E-state index is 0.254.